The van der Waals surface area contributed by atoms with E-state index in [-0.39, 0.29) is 0 Å². The molecular weight excluding hydrogens is 230 g/mol. The van der Waals surface area contributed by atoms with Crippen LogP contribution in [0.1, 0.15) is 10.4 Å². The van der Waals surface area contributed by atoms with E-state index in [0.717, 1.165) is 16.3 Å². The van der Waals surface area contributed by atoms with Crippen molar-refractivity contribution >= 4 is 16.7 Å². The maximum absolute atomic E-state index is 11.5. The molecule has 1 amide bonds. The molecule has 0 radical (unpaired) electrons. The molecule has 3 rings (SSSR count). The largest absolute Gasteiger partial charge is 0.366 e. The molecule has 2 aromatic carbocycles. The van der Waals surface area contributed by atoms with Crippen LogP contribution in [-0.4, -0.2) is 26.5 Å². The van der Waals surface area contributed by atoms with Crippen LogP contribution in [0, 0.1) is 0 Å². The molecule has 0 saturated heterocycles. The number of hydrogen-bond acceptors (Lipinski definition) is 4. The predicted molar refractivity (Wildman–Crippen MR) is 65.6 cm³/mol. The number of amides is 1. The van der Waals surface area contributed by atoms with Gasteiger partial charge >= 0.3 is 0 Å². The Labute approximate surface area is 102 Å². The average molecular weight is 239 g/mol. The van der Waals surface area contributed by atoms with E-state index in [1.165, 1.54) is 0 Å². The number of nitrogens with two attached hydrogens (primary N) is 1. The number of nitrogens with one attached hydrogen (secondary N) is 1. The third-order valence-electron chi connectivity index (χ3n) is 2.76. The zero-order chi connectivity index (χ0) is 12.5. The molecule has 6 heteroatoms. The molecule has 0 unspecified atom stereocenters. The highest BCUT2D eigenvalue weighted by atomic mass is 16.1. The molecule has 0 fully saturated rings. The van der Waals surface area contributed by atoms with Gasteiger partial charge in [0.05, 0.1) is 0 Å². The Kier molecular flexibility index (Phi) is 2.26. The first-order valence-electron chi connectivity index (χ1n) is 5.33. The van der Waals surface area contributed by atoms with Gasteiger partial charge in [0, 0.05) is 16.5 Å². The number of aromatic nitrogens is 4. The molecule has 0 bridgehead atoms. The average Bonchev–Trinajstić information content (AvgIpc) is 2.91. The molecule has 3 N–H and O–H groups in total. The van der Waals surface area contributed by atoms with Gasteiger partial charge in [0.15, 0.2) is 0 Å². The first kappa shape index (κ1) is 10.4. The van der Waals surface area contributed by atoms with E-state index in [9.17, 15) is 4.79 Å². The van der Waals surface area contributed by atoms with Crippen molar-refractivity contribution in [3.05, 3.63) is 42.0 Å². The molecular formula is C12H9N5O. The van der Waals surface area contributed by atoms with E-state index in [2.05, 4.69) is 20.6 Å². The minimum Gasteiger partial charge on any atom is -0.366 e. The van der Waals surface area contributed by atoms with Gasteiger partial charge in [-0.25, -0.2) is 0 Å². The highest BCUT2D eigenvalue weighted by Crippen LogP contribution is 2.28. The van der Waals surface area contributed by atoms with Crippen LogP contribution >= 0.6 is 0 Å². The van der Waals surface area contributed by atoms with Gasteiger partial charge in [-0.1, -0.05) is 30.3 Å². The second-order valence-electron chi connectivity index (χ2n) is 3.81. The number of benzene rings is 2. The second-order valence-corrected chi connectivity index (χ2v) is 3.81. The summed E-state index contributed by atoms with van der Waals surface area (Å²) in [6.45, 7) is 0. The van der Waals surface area contributed by atoms with Crippen LogP contribution in [0.25, 0.3) is 22.2 Å². The lowest BCUT2D eigenvalue weighted by atomic mass is 9.98. The van der Waals surface area contributed by atoms with Crippen molar-refractivity contribution in [2.75, 3.05) is 0 Å². The minimum absolute atomic E-state index is 0.439. The topological polar surface area (TPSA) is 97.5 Å². The molecule has 0 aliphatic heterocycles. The normalized spacial score (nSPS) is 10.7. The minimum atomic E-state index is -0.475. The summed E-state index contributed by atoms with van der Waals surface area (Å²) in [6.07, 6.45) is 0. The Balaban J connectivity index is 2.42. The lowest BCUT2D eigenvalue weighted by Crippen LogP contribution is -2.11. The highest BCUT2D eigenvalue weighted by molar-refractivity contribution is 6.11. The molecule has 6 nitrogen and oxygen atoms in total. The van der Waals surface area contributed by atoms with Crippen LogP contribution in [0.15, 0.2) is 36.4 Å². The number of H-pyrrole nitrogens is 1. The number of aromatic amines is 1. The highest BCUT2D eigenvalue weighted by Gasteiger charge is 2.13. The molecule has 3 aromatic rings. The number of hydrogen-bond donors (Lipinski definition) is 2. The molecule has 0 aliphatic carbocycles. The van der Waals surface area contributed by atoms with E-state index in [4.69, 9.17) is 5.73 Å². The molecule has 1 aromatic heterocycles. The smallest absolute Gasteiger partial charge is 0.249 e. The number of primary amides is 1. The third-order valence-corrected chi connectivity index (χ3v) is 2.76. The Morgan fingerprint density at radius 3 is 2.61 bits per heavy atom. The lowest BCUT2D eigenvalue weighted by Gasteiger charge is -2.06. The summed E-state index contributed by atoms with van der Waals surface area (Å²) in [7, 11) is 0. The van der Waals surface area contributed by atoms with Gasteiger partial charge in [-0.3, -0.25) is 4.79 Å². The summed E-state index contributed by atoms with van der Waals surface area (Å²) in [5.41, 5.74) is 6.58. The van der Waals surface area contributed by atoms with Crippen molar-refractivity contribution in [1.29, 1.82) is 0 Å². The SMILES string of the molecule is NC(=O)c1cccc2cccc(-c3nn[nH]n3)c12. The van der Waals surface area contributed by atoms with Crippen molar-refractivity contribution in [2.45, 2.75) is 0 Å². The maximum Gasteiger partial charge on any atom is 0.249 e. The summed E-state index contributed by atoms with van der Waals surface area (Å²) in [5, 5.41) is 15.5. The van der Waals surface area contributed by atoms with E-state index in [1.54, 1.807) is 12.1 Å². The van der Waals surface area contributed by atoms with Crippen LogP contribution in [0.3, 0.4) is 0 Å². The summed E-state index contributed by atoms with van der Waals surface area (Å²) in [6, 6.07) is 11.0. The second kappa shape index (κ2) is 3.92. The molecule has 0 atom stereocenters. The number of tetrazole rings is 1. The molecule has 88 valence electrons. The standard InChI is InChI=1S/C12H9N5O/c13-11(18)8-5-1-3-7-4-2-6-9(10(7)8)12-14-16-17-15-12/h1-6H,(H2,13,18)(H,14,15,16,17). The van der Waals surface area contributed by atoms with Gasteiger partial charge in [0.1, 0.15) is 0 Å². The fourth-order valence-corrected chi connectivity index (χ4v) is 2.01. The van der Waals surface area contributed by atoms with Crippen LogP contribution < -0.4 is 5.73 Å². The van der Waals surface area contributed by atoms with Gasteiger partial charge in [-0.05, 0) is 16.7 Å². The predicted octanol–water partition coefficient (Wildman–Crippen LogP) is 1.12. The number of fused-ring (bicyclic) bond motifs is 1. The summed E-state index contributed by atoms with van der Waals surface area (Å²) < 4.78 is 0. The fraction of sp³-hybridized carbons (Fsp3) is 0. The summed E-state index contributed by atoms with van der Waals surface area (Å²) >= 11 is 0. The van der Waals surface area contributed by atoms with Crippen molar-refractivity contribution in [2.24, 2.45) is 5.73 Å². The first-order chi connectivity index (χ1) is 8.77. The third kappa shape index (κ3) is 1.51. The molecule has 18 heavy (non-hydrogen) atoms. The zero-order valence-corrected chi connectivity index (χ0v) is 9.29. The number of carbonyl (C=O) groups excluding carboxylic acids is 1. The molecule has 1 heterocycles. The van der Waals surface area contributed by atoms with E-state index in [0.29, 0.717) is 11.4 Å². The van der Waals surface area contributed by atoms with E-state index < -0.39 is 5.91 Å². The molecule has 0 spiro atoms. The Hall–Kier alpha value is -2.76. The molecule has 0 saturated carbocycles. The van der Waals surface area contributed by atoms with Crippen molar-refractivity contribution in [1.82, 2.24) is 20.6 Å². The lowest BCUT2D eigenvalue weighted by molar-refractivity contribution is 0.100. The van der Waals surface area contributed by atoms with Gasteiger partial charge in [0.2, 0.25) is 11.7 Å². The zero-order valence-electron chi connectivity index (χ0n) is 9.29. The van der Waals surface area contributed by atoms with E-state index in [1.807, 2.05) is 24.3 Å². The monoisotopic (exact) mass is 239 g/mol. The summed E-state index contributed by atoms with van der Waals surface area (Å²) in [5.74, 6) is -0.0363. The van der Waals surface area contributed by atoms with Gasteiger partial charge in [-0.15, -0.1) is 10.2 Å². The van der Waals surface area contributed by atoms with E-state index >= 15 is 0 Å². The van der Waals surface area contributed by atoms with Crippen molar-refractivity contribution in [3.63, 3.8) is 0 Å². The van der Waals surface area contributed by atoms with Crippen LogP contribution in [0.4, 0.5) is 0 Å². The van der Waals surface area contributed by atoms with Crippen LogP contribution in [-0.2, 0) is 0 Å². The van der Waals surface area contributed by atoms with Crippen molar-refractivity contribution < 1.29 is 4.79 Å². The maximum atomic E-state index is 11.5. The number of rotatable bonds is 2. The Morgan fingerprint density at radius 1 is 1.17 bits per heavy atom. The van der Waals surface area contributed by atoms with Crippen molar-refractivity contribution in [3.8, 4) is 11.4 Å². The first-order valence-corrected chi connectivity index (χ1v) is 5.33. The van der Waals surface area contributed by atoms with Gasteiger partial charge in [0.25, 0.3) is 0 Å². The summed E-state index contributed by atoms with van der Waals surface area (Å²) in [4.78, 5) is 11.5. The Morgan fingerprint density at radius 2 is 1.94 bits per heavy atom. The van der Waals surface area contributed by atoms with Crippen LogP contribution in [0.2, 0.25) is 0 Å². The fourth-order valence-electron chi connectivity index (χ4n) is 2.01. The van der Waals surface area contributed by atoms with Gasteiger partial charge < -0.3 is 5.73 Å². The quantitative estimate of drug-likeness (QED) is 0.700. The van der Waals surface area contributed by atoms with Gasteiger partial charge in [-0.2, -0.15) is 5.21 Å². The van der Waals surface area contributed by atoms with Crippen LogP contribution in [0.5, 0.6) is 0 Å². The number of nitrogens with zero attached hydrogens (tertiary/aromatic N) is 3. The molecule has 0 aliphatic rings. The number of carbonyl (C=O) groups is 1. The Bertz CT molecular complexity index is 715.